The number of imidazole rings is 1. The van der Waals surface area contributed by atoms with Crippen LogP contribution < -0.4 is 5.32 Å². The van der Waals surface area contributed by atoms with E-state index in [0.29, 0.717) is 18.8 Å². The predicted octanol–water partition coefficient (Wildman–Crippen LogP) is 3.62. The number of aromatic nitrogens is 3. The van der Waals surface area contributed by atoms with E-state index in [-0.39, 0.29) is 5.91 Å². The van der Waals surface area contributed by atoms with Crippen molar-refractivity contribution in [3.63, 3.8) is 0 Å². The number of benzene rings is 1. The Kier molecular flexibility index (Phi) is 4.64. The fraction of sp³-hybridized carbons (Fsp3) is 0.389. The quantitative estimate of drug-likeness (QED) is 0.751. The lowest BCUT2D eigenvalue weighted by molar-refractivity contribution is -0.116. The first-order chi connectivity index (χ1) is 11.6. The van der Waals surface area contributed by atoms with Crippen molar-refractivity contribution in [3.05, 3.63) is 41.3 Å². The molecule has 3 rings (SSSR count). The van der Waals surface area contributed by atoms with Gasteiger partial charge in [-0.25, -0.2) is 4.98 Å². The lowest BCUT2D eigenvalue weighted by Gasteiger charge is -2.09. The molecule has 0 aliphatic carbocycles. The number of carbonyl (C=O) groups excluding carboxylic acids is 1. The summed E-state index contributed by atoms with van der Waals surface area (Å²) >= 11 is 0. The molecule has 3 aromatic rings. The number of anilines is 1. The fourth-order valence-electron chi connectivity index (χ4n) is 2.91. The fourth-order valence-corrected chi connectivity index (χ4v) is 2.91. The van der Waals surface area contributed by atoms with E-state index in [2.05, 4.69) is 26.9 Å². The standard InChI is InChI=1S/C18H22N4O2/c1-4-11-22-16-8-6-5-7-15(16)19-18(22)20-17(23)10-9-14-12(2)21-24-13(14)3/h5-8H,4,9-11H2,1-3H3,(H,19,20,23). The number of amides is 1. The van der Waals surface area contributed by atoms with Crippen LogP contribution in [0.1, 0.15) is 36.8 Å². The zero-order valence-corrected chi connectivity index (χ0v) is 14.3. The third-order valence-electron chi connectivity index (χ3n) is 4.14. The number of aryl methyl sites for hydroxylation is 3. The van der Waals surface area contributed by atoms with Gasteiger partial charge in [0.1, 0.15) is 5.76 Å². The van der Waals surface area contributed by atoms with Gasteiger partial charge in [-0.05, 0) is 38.8 Å². The lowest BCUT2D eigenvalue weighted by atomic mass is 10.1. The predicted molar refractivity (Wildman–Crippen MR) is 93.0 cm³/mol. The topological polar surface area (TPSA) is 73.0 Å². The molecule has 1 N–H and O–H groups in total. The van der Waals surface area contributed by atoms with E-state index in [1.165, 1.54) is 0 Å². The van der Waals surface area contributed by atoms with E-state index in [0.717, 1.165) is 41.0 Å². The van der Waals surface area contributed by atoms with Crippen LogP contribution in [0.15, 0.2) is 28.8 Å². The van der Waals surface area contributed by atoms with Gasteiger partial charge in [0, 0.05) is 18.5 Å². The first kappa shape index (κ1) is 16.2. The Morgan fingerprint density at radius 3 is 2.79 bits per heavy atom. The molecular weight excluding hydrogens is 304 g/mol. The van der Waals surface area contributed by atoms with E-state index in [1.807, 2.05) is 38.1 Å². The molecular formula is C18H22N4O2. The highest BCUT2D eigenvalue weighted by Gasteiger charge is 2.15. The Bertz CT molecular complexity index is 844. The lowest BCUT2D eigenvalue weighted by Crippen LogP contribution is -2.16. The van der Waals surface area contributed by atoms with Crippen molar-refractivity contribution in [3.8, 4) is 0 Å². The van der Waals surface area contributed by atoms with Gasteiger partial charge in [0.05, 0.1) is 16.7 Å². The number of nitrogens with zero attached hydrogens (tertiary/aromatic N) is 3. The minimum absolute atomic E-state index is 0.0531. The summed E-state index contributed by atoms with van der Waals surface area (Å²) in [6, 6.07) is 7.92. The molecule has 2 heterocycles. The largest absolute Gasteiger partial charge is 0.361 e. The molecule has 0 aliphatic heterocycles. The molecule has 6 nitrogen and oxygen atoms in total. The average molecular weight is 326 g/mol. The van der Waals surface area contributed by atoms with E-state index in [9.17, 15) is 4.79 Å². The molecule has 0 aliphatic rings. The van der Waals surface area contributed by atoms with E-state index in [4.69, 9.17) is 4.52 Å². The highest BCUT2D eigenvalue weighted by molar-refractivity contribution is 5.91. The summed E-state index contributed by atoms with van der Waals surface area (Å²) < 4.78 is 7.20. The monoisotopic (exact) mass is 326 g/mol. The number of fused-ring (bicyclic) bond motifs is 1. The van der Waals surface area contributed by atoms with Gasteiger partial charge in [-0.15, -0.1) is 0 Å². The van der Waals surface area contributed by atoms with Crippen molar-refractivity contribution in [1.29, 1.82) is 0 Å². The van der Waals surface area contributed by atoms with E-state index >= 15 is 0 Å². The first-order valence-corrected chi connectivity index (χ1v) is 8.27. The number of hydrogen-bond donors (Lipinski definition) is 1. The molecule has 0 radical (unpaired) electrons. The molecule has 1 amide bonds. The molecule has 24 heavy (non-hydrogen) atoms. The molecule has 0 spiro atoms. The van der Waals surface area contributed by atoms with Gasteiger partial charge in [0.15, 0.2) is 0 Å². The van der Waals surface area contributed by atoms with Crippen LogP contribution in [0.5, 0.6) is 0 Å². The normalized spacial score (nSPS) is 11.1. The minimum Gasteiger partial charge on any atom is -0.361 e. The van der Waals surface area contributed by atoms with E-state index < -0.39 is 0 Å². The van der Waals surface area contributed by atoms with Crippen molar-refractivity contribution in [2.75, 3.05) is 5.32 Å². The van der Waals surface area contributed by atoms with Crippen LogP contribution in [0.25, 0.3) is 11.0 Å². The summed E-state index contributed by atoms with van der Waals surface area (Å²) in [6.45, 7) is 6.69. The molecule has 6 heteroatoms. The summed E-state index contributed by atoms with van der Waals surface area (Å²) in [6.07, 6.45) is 1.96. The van der Waals surface area contributed by atoms with Crippen molar-refractivity contribution in [2.45, 2.75) is 46.6 Å². The van der Waals surface area contributed by atoms with Crippen molar-refractivity contribution < 1.29 is 9.32 Å². The number of hydrogen-bond acceptors (Lipinski definition) is 4. The van der Waals surface area contributed by atoms with Crippen LogP contribution >= 0.6 is 0 Å². The average Bonchev–Trinajstić information content (AvgIpc) is 3.07. The maximum Gasteiger partial charge on any atom is 0.227 e. The zero-order valence-electron chi connectivity index (χ0n) is 14.3. The van der Waals surface area contributed by atoms with Gasteiger partial charge in [-0.3, -0.25) is 10.1 Å². The van der Waals surface area contributed by atoms with Gasteiger partial charge in [0.25, 0.3) is 0 Å². The van der Waals surface area contributed by atoms with Crippen molar-refractivity contribution >= 4 is 22.9 Å². The molecule has 1 aromatic carbocycles. The molecule has 0 saturated heterocycles. The highest BCUT2D eigenvalue weighted by atomic mass is 16.5. The molecule has 0 fully saturated rings. The van der Waals surface area contributed by atoms with Crippen LogP contribution in [-0.4, -0.2) is 20.6 Å². The third-order valence-corrected chi connectivity index (χ3v) is 4.14. The minimum atomic E-state index is -0.0531. The first-order valence-electron chi connectivity index (χ1n) is 8.27. The smallest absolute Gasteiger partial charge is 0.227 e. The molecule has 0 unspecified atom stereocenters. The maximum atomic E-state index is 12.3. The van der Waals surface area contributed by atoms with E-state index in [1.54, 1.807) is 0 Å². The Balaban J connectivity index is 1.74. The molecule has 126 valence electrons. The van der Waals surface area contributed by atoms with Crippen LogP contribution in [-0.2, 0) is 17.8 Å². The molecule has 0 bridgehead atoms. The zero-order chi connectivity index (χ0) is 17.1. The number of carbonyl (C=O) groups is 1. The highest BCUT2D eigenvalue weighted by Crippen LogP contribution is 2.20. The second-order valence-corrected chi connectivity index (χ2v) is 5.93. The van der Waals surface area contributed by atoms with Crippen LogP contribution in [0, 0.1) is 13.8 Å². The Morgan fingerprint density at radius 1 is 1.29 bits per heavy atom. The number of rotatable bonds is 6. The van der Waals surface area contributed by atoms with Crippen LogP contribution in [0.4, 0.5) is 5.95 Å². The Morgan fingerprint density at radius 2 is 2.08 bits per heavy atom. The second kappa shape index (κ2) is 6.86. The van der Waals surface area contributed by atoms with Crippen molar-refractivity contribution in [2.24, 2.45) is 0 Å². The van der Waals surface area contributed by atoms with Crippen LogP contribution in [0.3, 0.4) is 0 Å². The van der Waals surface area contributed by atoms with Gasteiger partial charge in [-0.1, -0.05) is 24.2 Å². The Hall–Kier alpha value is -2.63. The van der Waals surface area contributed by atoms with Gasteiger partial charge < -0.3 is 9.09 Å². The summed E-state index contributed by atoms with van der Waals surface area (Å²) in [4.78, 5) is 16.9. The molecule has 0 saturated carbocycles. The summed E-state index contributed by atoms with van der Waals surface area (Å²) in [5.74, 6) is 1.34. The molecule has 2 aromatic heterocycles. The number of nitrogens with one attached hydrogen (secondary N) is 1. The van der Waals surface area contributed by atoms with Crippen molar-refractivity contribution in [1.82, 2.24) is 14.7 Å². The summed E-state index contributed by atoms with van der Waals surface area (Å²) in [7, 11) is 0. The third kappa shape index (κ3) is 3.18. The SMILES string of the molecule is CCCn1c(NC(=O)CCc2c(C)noc2C)nc2ccccc21. The number of para-hydroxylation sites is 2. The Labute approximate surface area is 140 Å². The molecule has 0 atom stereocenters. The summed E-state index contributed by atoms with van der Waals surface area (Å²) in [5.41, 5.74) is 3.79. The van der Waals surface area contributed by atoms with Gasteiger partial charge in [0.2, 0.25) is 11.9 Å². The summed E-state index contributed by atoms with van der Waals surface area (Å²) in [5, 5.41) is 6.87. The maximum absolute atomic E-state index is 12.3. The van der Waals surface area contributed by atoms with Gasteiger partial charge >= 0.3 is 0 Å². The van der Waals surface area contributed by atoms with Gasteiger partial charge in [-0.2, -0.15) is 0 Å². The van der Waals surface area contributed by atoms with Crippen LogP contribution in [0.2, 0.25) is 0 Å². The second-order valence-electron chi connectivity index (χ2n) is 5.93.